The Labute approximate surface area is 137 Å². The Bertz CT molecular complexity index is 491. The topological polar surface area (TPSA) is 58.6 Å². The van der Waals surface area contributed by atoms with Crippen LogP contribution in [0.1, 0.15) is 12.8 Å². The number of ether oxygens (including phenoxy) is 1. The fraction of sp³-hybridized carbons (Fsp3) is 0.571. The van der Waals surface area contributed by atoms with Gasteiger partial charge in [0.2, 0.25) is 0 Å². The third-order valence-corrected chi connectivity index (χ3v) is 5.48. The first kappa shape index (κ1) is 17.0. The van der Waals surface area contributed by atoms with E-state index in [1.165, 1.54) is 0 Å². The minimum absolute atomic E-state index is 0.184. The molecule has 118 valence electrons. The number of rotatable bonds is 6. The lowest BCUT2D eigenvalue weighted by Crippen LogP contribution is -2.41. The molecule has 1 aliphatic heterocycles. The molecule has 1 saturated heterocycles. The molecule has 1 heterocycles. The zero-order valence-corrected chi connectivity index (χ0v) is 13.9. The molecule has 1 atom stereocenters. The summed E-state index contributed by atoms with van der Waals surface area (Å²) in [6.45, 7) is 0.641. The highest BCUT2D eigenvalue weighted by Gasteiger charge is 2.18. The number of aliphatic hydroxyl groups is 1. The summed E-state index contributed by atoms with van der Waals surface area (Å²) in [4.78, 5) is 0. The van der Waals surface area contributed by atoms with Gasteiger partial charge in [-0.2, -0.15) is 0 Å². The summed E-state index contributed by atoms with van der Waals surface area (Å²) in [6.07, 6.45) is 1.19. The smallest absolute Gasteiger partial charge is 0.121 e. The summed E-state index contributed by atoms with van der Waals surface area (Å²) in [5.74, 6) is 2.07. The van der Waals surface area contributed by atoms with Gasteiger partial charge in [-0.25, -0.2) is 0 Å². The number of halogens is 2. The van der Waals surface area contributed by atoms with Gasteiger partial charge in [0.25, 0.3) is 0 Å². The van der Waals surface area contributed by atoms with Crippen molar-refractivity contribution in [2.45, 2.75) is 25.0 Å². The summed E-state index contributed by atoms with van der Waals surface area (Å²) in [7, 11) is -0.658. The lowest BCUT2D eigenvalue weighted by Gasteiger charge is -2.24. The molecule has 0 saturated carbocycles. The summed E-state index contributed by atoms with van der Waals surface area (Å²) in [6, 6.07) is 5.33. The second-order valence-corrected chi connectivity index (χ2v) is 7.58. The van der Waals surface area contributed by atoms with Gasteiger partial charge in [0, 0.05) is 41.0 Å². The van der Waals surface area contributed by atoms with E-state index in [2.05, 4.69) is 5.32 Å². The fourth-order valence-corrected chi connectivity index (χ4v) is 3.71. The standard InChI is InChI=1S/C14H19Cl2NO3S/c15-13-2-1-12(7-14(13)16)20-9-11(18)8-17-10-3-5-21(19)6-4-10/h1-2,7,10-11,17-18H,3-6,8-9H2. The van der Waals surface area contributed by atoms with Gasteiger partial charge in [-0.05, 0) is 25.0 Å². The highest BCUT2D eigenvalue weighted by atomic mass is 35.5. The monoisotopic (exact) mass is 351 g/mol. The molecule has 0 bridgehead atoms. The number of aliphatic hydroxyl groups excluding tert-OH is 1. The number of hydrogen-bond acceptors (Lipinski definition) is 4. The van der Waals surface area contributed by atoms with E-state index < -0.39 is 16.9 Å². The molecule has 1 aromatic carbocycles. The van der Waals surface area contributed by atoms with Crippen LogP contribution in [0, 0.1) is 0 Å². The molecule has 2 rings (SSSR count). The Balaban J connectivity index is 1.68. The average Bonchev–Trinajstić information content (AvgIpc) is 2.48. The minimum Gasteiger partial charge on any atom is -0.491 e. The van der Waals surface area contributed by atoms with Gasteiger partial charge >= 0.3 is 0 Å². The molecule has 0 amide bonds. The van der Waals surface area contributed by atoms with Crippen molar-refractivity contribution in [3.63, 3.8) is 0 Å². The lowest BCUT2D eigenvalue weighted by molar-refractivity contribution is 0.103. The maximum atomic E-state index is 11.3. The quantitative estimate of drug-likeness (QED) is 0.824. The van der Waals surface area contributed by atoms with Crippen LogP contribution in [0.15, 0.2) is 18.2 Å². The first-order valence-corrected chi connectivity index (χ1v) is 9.13. The van der Waals surface area contributed by atoms with Gasteiger partial charge in [0.05, 0.1) is 10.0 Å². The maximum absolute atomic E-state index is 11.3. The Morgan fingerprint density at radius 2 is 2.05 bits per heavy atom. The number of benzene rings is 1. The van der Waals surface area contributed by atoms with E-state index in [9.17, 15) is 9.32 Å². The molecular weight excluding hydrogens is 333 g/mol. The Morgan fingerprint density at radius 1 is 1.33 bits per heavy atom. The van der Waals surface area contributed by atoms with Gasteiger partial charge < -0.3 is 15.2 Å². The van der Waals surface area contributed by atoms with Crippen molar-refractivity contribution in [2.75, 3.05) is 24.7 Å². The van der Waals surface area contributed by atoms with E-state index in [4.69, 9.17) is 27.9 Å². The van der Waals surface area contributed by atoms with Crippen LogP contribution < -0.4 is 10.1 Å². The van der Waals surface area contributed by atoms with E-state index >= 15 is 0 Å². The van der Waals surface area contributed by atoms with E-state index in [0.717, 1.165) is 24.3 Å². The fourth-order valence-electron chi connectivity index (χ4n) is 2.12. The predicted molar refractivity (Wildman–Crippen MR) is 86.9 cm³/mol. The average molecular weight is 352 g/mol. The normalized spacial score (nSPS) is 23.8. The van der Waals surface area contributed by atoms with Crippen molar-refractivity contribution in [1.29, 1.82) is 0 Å². The van der Waals surface area contributed by atoms with Crippen LogP contribution in [0.25, 0.3) is 0 Å². The molecule has 1 aromatic rings. The van der Waals surface area contributed by atoms with Crippen molar-refractivity contribution in [1.82, 2.24) is 5.32 Å². The first-order valence-electron chi connectivity index (χ1n) is 6.89. The molecular formula is C14H19Cl2NO3S. The van der Waals surface area contributed by atoms with Crippen LogP contribution in [0.5, 0.6) is 5.75 Å². The summed E-state index contributed by atoms with van der Waals surface area (Å²) in [5, 5.41) is 14.1. The van der Waals surface area contributed by atoms with Gasteiger partial charge in [0.15, 0.2) is 0 Å². The van der Waals surface area contributed by atoms with Crippen molar-refractivity contribution < 1.29 is 14.1 Å². The molecule has 1 unspecified atom stereocenters. The summed E-state index contributed by atoms with van der Waals surface area (Å²) >= 11 is 11.7. The van der Waals surface area contributed by atoms with Gasteiger partial charge in [-0.3, -0.25) is 4.21 Å². The highest BCUT2D eigenvalue weighted by Crippen LogP contribution is 2.26. The molecule has 7 heteroatoms. The van der Waals surface area contributed by atoms with Crippen molar-refractivity contribution in [2.24, 2.45) is 0 Å². The van der Waals surface area contributed by atoms with Crippen molar-refractivity contribution in [3.8, 4) is 5.75 Å². The molecule has 4 nitrogen and oxygen atoms in total. The summed E-state index contributed by atoms with van der Waals surface area (Å²) < 4.78 is 16.7. The predicted octanol–water partition coefficient (Wildman–Crippen LogP) is 2.23. The van der Waals surface area contributed by atoms with Gasteiger partial charge in [-0.1, -0.05) is 23.2 Å². The maximum Gasteiger partial charge on any atom is 0.121 e. The second-order valence-electron chi connectivity index (χ2n) is 5.07. The molecule has 0 aromatic heterocycles. The van der Waals surface area contributed by atoms with Gasteiger partial charge in [0.1, 0.15) is 18.5 Å². The first-order chi connectivity index (χ1) is 10.0. The zero-order valence-electron chi connectivity index (χ0n) is 11.6. The molecule has 2 N–H and O–H groups in total. The SMILES string of the molecule is O=S1CCC(NCC(O)COc2ccc(Cl)c(Cl)c2)CC1. The van der Waals surface area contributed by atoms with Crippen molar-refractivity contribution in [3.05, 3.63) is 28.2 Å². The third-order valence-electron chi connectivity index (χ3n) is 3.36. The van der Waals surface area contributed by atoms with E-state index in [1.807, 2.05) is 0 Å². The molecule has 0 radical (unpaired) electrons. The zero-order chi connectivity index (χ0) is 15.2. The molecule has 21 heavy (non-hydrogen) atoms. The van der Waals surface area contributed by atoms with E-state index in [-0.39, 0.29) is 6.61 Å². The van der Waals surface area contributed by atoms with Crippen LogP contribution in [0.3, 0.4) is 0 Å². The van der Waals surface area contributed by atoms with Crippen LogP contribution in [-0.4, -0.2) is 46.1 Å². The largest absolute Gasteiger partial charge is 0.491 e. The molecule has 1 fully saturated rings. The summed E-state index contributed by atoms with van der Waals surface area (Å²) in [5.41, 5.74) is 0. The Morgan fingerprint density at radius 3 is 2.71 bits per heavy atom. The molecule has 0 aliphatic carbocycles. The Hall–Kier alpha value is -0.330. The van der Waals surface area contributed by atoms with Gasteiger partial charge in [-0.15, -0.1) is 0 Å². The lowest BCUT2D eigenvalue weighted by atomic mass is 10.1. The molecule has 0 spiro atoms. The molecule has 1 aliphatic rings. The second kappa shape index (κ2) is 8.34. The highest BCUT2D eigenvalue weighted by molar-refractivity contribution is 7.85. The third kappa shape index (κ3) is 5.75. The van der Waals surface area contributed by atoms with Crippen LogP contribution in [0.4, 0.5) is 0 Å². The number of nitrogens with one attached hydrogen (secondary N) is 1. The Kier molecular flexibility index (Phi) is 6.76. The van der Waals surface area contributed by atoms with E-state index in [0.29, 0.717) is 28.4 Å². The number of hydrogen-bond donors (Lipinski definition) is 2. The van der Waals surface area contributed by atoms with Crippen LogP contribution >= 0.6 is 23.2 Å². The van der Waals surface area contributed by atoms with E-state index in [1.54, 1.807) is 18.2 Å². The van der Waals surface area contributed by atoms with Crippen LogP contribution in [0.2, 0.25) is 10.0 Å². The minimum atomic E-state index is -0.658. The van der Waals surface area contributed by atoms with Crippen LogP contribution in [-0.2, 0) is 10.8 Å². The van der Waals surface area contributed by atoms with Crippen molar-refractivity contribution >= 4 is 34.0 Å².